The van der Waals surface area contributed by atoms with E-state index in [1.54, 1.807) is 0 Å². The minimum Gasteiger partial charge on any atom is -0.480 e. The number of hydrogen-bond acceptors (Lipinski definition) is 3. The summed E-state index contributed by atoms with van der Waals surface area (Å²) >= 11 is 4.02. The molecule has 72 valence electrons. The molecule has 1 atom stereocenters. The second-order valence-corrected chi connectivity index (χ2v) is 3.33. The Morgan fingerprint density at radius 3 is 2.17 bits per heavy atom. The molecule has 0 saturated heterocycles. The Kier molecular flexibility index (Phi) is 5.33. The van der Waals surface area contributed by atoms with Gasteiger partial charge in [-0.3, -0.25) is 9.69 Å². The minimum atomic E-state index is -0.791. The van der Waals surface area contributed by atoms with E-state index in [1.165, 1.54) is 0 Å². The van der Waals surface area contributed by atoms with Crippen LogP contribution in [0.5, 0.6) is 0 Å². The molecule has 0 rings (SSSR count). The number of carboxylic acid groups (broad SMARTS) is 1. The molecule has 4 heteroatoms. The molecule has 0 amide bonds. The van der Waals surface area contributed by atoms with Crippen molar-refractivity contribution in [2.24, 2.45) is 0 Å². The molecule has 0 aromatic rings. The van der Waals surface area contributed by atoms with Crippen LogP contribution in [0.4, 0.5) is 0 Å². The molecule has 0 spiro atoms. The van der Waals surface area contributed by atoms with Gasteiger partial charge in [0.2, 0.25) is 0 Å². The fourth-order valence-corrected chi connectivity index (χ4v) is 1.64. The molecule has 0 fully saturated rings. The highest BCUT2D eigenvalue weighted by Crippen LogP contribution is 2.06. The molecular formula is C8H17NO2S. The molecular weight excluding hydrogens is 174 g/mol. The van der Waals surface area contributed by atoms with Crippen LogP contribution in [-0.4, -0.2) is 40.4 Å². The van der Waals surface area contributed by atoms with Crippen LogP contribution in [0, 0.1) is 0 Å². The quantitative estimate of drug-likeness (QED) is 0.639. The Hall–Kier alpha value is -0.220. The van der Waals surface area contributed by atoms with E-state index in [4.69, 9.17) is 5.11 Å². The zero-order valence-corrected chi connectivity index (χ0v) is 8.71. The maximum Gasteiger partial charge on any atom is 0.321 e. The van der Waals surface area contributed by atoms with E-state index in [9.17, 15) is 4.79 Å². The predicted octanol–water partition coefficient (Wildman–Crippen LogP) is 1.10. The number of thiol groups is 1. The van der Waals surface area contributed by atoms with Crippen LogP contribution in [0.25, 0.3) is 0 Å². The van der Waals surface area contributed by atoms with Crippen molar-refractivity contribution in [3.05, 3.63) is 0 Å². The smallest absolute Gasteiger partial charge is 0.321 e. The second-order valence-electron chi connectivity index (χ2n) is 2.96. The van der Waals surface area contributed by atoms with Crippen molar-refractivity contribution in [3.63, 3.8) is 0 Å². The van der Waals surface area contributed by atoms with Gasteiger partial charge < -0.3 is 5.11 Å². The third-order valence-electron chi connectivity index (χ3n) is 1.89. The van der Waals surface area contributed by atoms with Crippen LogP contribution < -0.4 is 0 Å². The van der Waals surface area contributed by atoms with Gasteiger partial charge in [0.25, 0.3) is 0 Å². The highest BCUT2D eigenvalue weighted by Gasteiger charge is 2.24. The van der Waals surface area contributed by atoms with Crippen LogP contribution in [0.1, 0.15) is 20.8 Å². The maximum absolute atomic E-state index is 10.7. The van der Waals surface area contributed by atoms with Gasteiger partial charge in [-0.1, -0.05) is 6.92 Å². The third kappa shape index (κ3) is 3.03. The molecule has 0 saturated carbocycles. The summed E-state index contributed by atoms with van der Waals surface area (Å²) in [7, 11) is 0. The Morgan fingerprint density at radius 1 is 1.58 bits per heavy atom. The Morgan fingerprint density at radius 2 is 2.08 bits per heavy atom. The van der Waals surface area contributed by atoms with Gasteiger partial charge in [-0.05, 0) is 20.4 Å². The minimum absolute atomic E-state index is 0.253. The molecule has 0 aliphatic heterocycles. The summed E-state index contributed by atoms with van der Waals surface area (Å²) in [5, 5.41) is 8.83. The predicted molar refractivity (Wildman–Crippen MR) is 52.8 cm³/mol. The van der Waals surface area contributed by atoms with E-state index in [-0.39, 0.29) is 6.04 Å². The number of aliphatic carboxylic acids is 1. The average Bonchev–Trinajstić information content (AvgIpc) is 1.98. The molecule has 0 radical (unpaired) electrons. The van der Waals surface area contributed by atoms with Crippen molar-refractivity contribution in [2.45, 2.75) is 32.9 Å². The van der Waals surface area contributed by atoms with E-state index < -0.39 is 12.0 Å². The first-order chi connectivity index (χ1) is 5.54. The lowest BCUT2D eigenvalue weighted by atomic mass is 10.2. The Bertz CT molecular complexity index is 150. The van der Waals surface area contributed by atoms with Gasteiger partial charge in [-0.15, -0.1) is 0 Å². The number of rotatable bonds is 5. The van der Waals surface area contributed by atoms with Crippen molar-refractivity contribution in [1.82, 2.24) is 4.90 Å². The summed E-state index contributed by atoms with van der Waals surface area (Å²) in [6.07, 6.45) is 0. The number of likely N-dealkylation sites (N-methyl/N-ethyl adjacent to an activating group) is 1. The summed E-state index contributed by atoms with van der Waals surface area (Å²) in [5.74, 6) is -0.429. The van der Waals surface area contributed by atoms with Crippen molar-refractivity contribution in [1.29, 1.82) is 0 Å². The first-order valence-corrected chi connectivity index (χ1v) is 4.77. The zero-order valence-electron chi connectivity index (χ0n) is 7.82. The lowest BCUT2D eigenvalue weighted by Crippen LogP contribution is -2.46. The standard InChI is InChI=1S/C8H17NO2S/c1-4-9(6(2)3)7(5-12)8(10)11/h6-7,12H,4-5H2,1-3H3,(H,10,11). The van der Waals surface area contributed by atoms with E-state index in [2.05, 4.69) is 12.6 Å². The fourth-order valence-electron chi connectivity index (χ4n) is 1.27. The summed E-state index contributed by atoms with van der Waals surface area (Å²) in [4.78, 5) is 12.7. The molecule has 0 aliphatic carbocycles. The van der Waals surface area contributed by atoms with Gasteiger partial charge in [0.05, 0.1) is 0 Å². The summed E-state index contributed by atoms with van der Waals surface area (Å²) < 4.78 is 0. The second kappa shape index (κ2) is 5.43. The number of carboxylic acids is 1. The van der Waals surface area contributed by atoms with Gasteiger partial charge >= 0.3 is 5.97 Å². The van der Waals surface area contributed by atoms with Gasteiger partial charge in [0.1, 0.15) is 6.04 Å². The van der Waals surface area contributed by atoms with Crippen molar-refractivity contribution in [3.8, 4) is 0 Å². The molecule has 1 unspecified atom stereocenters. The van der Waals surface area contributed by atoms with Crippen LogP contribution in [-0.2, 0) is 4.79 Å². The molecule has 0 aromatic carbocycles. The maximum atomic E-state index is 10.7. The van der Waals surface area contributed by atoms with E-state index in [0.717, 1.165) is 6.54 Å². The van der Waals surface area contributed by atoms with Crippen molar-refractivity contribution in [2.75, 3.05) is 12.3 Å². The van der Waals surface area contributed by atoms with Crippen LogP contribution >= 0.6 is 12.6 Å². The van der Waals surface area contributed by atoms with Crippen LogP contribution in [0.2, 0.25) is 0 Å². The fraction of sp³-hybridized carbons (Fsp3) is 0.875. The highest BCUT2D eigenvalue weighted by atomic mass is 32.1. The summed E-state index contributed by atoms with van der Waals surface area (Å²) in [6, 6.07) is -0.207. The highest BCUT2D eigenvalue weighted by molar-refractivity contribution is 7.80. The van der Waals surface area contributed by atoms with E-state index in [1.807, 2.05) is 25.7 Å². The largest absolute Gasteiger partial charge is 0.480 e. The van der Waals surface area contributed by atoms with Gasteiger partial charge in [-0.25, -0.2) is 0 Å². The zero-order chi connectivity index (χ0) is 9.72. The van der Waals surface area contributed by atoms with Gasteiger partial charge in [0, 0.05) is 11.8 Å². The lowest BCUT2D eigenvalue weighted by molar-refractivity contribution is -0.143. The summed E-state index contributed by atoms with van der Waals surface area (Å²) in [5.41, 5.74) is 0. The van der Waals surface area contributed by atoms with Crippen LogP contribution in [0.15, 0.2) is 0 Å². The monoisotopic (exact) mass is 191 g/mol. The molecule has 3 nitrogen and oxygen atoms in total. The Balaban J connectivity index is 4.33. The van der Waals surface area contributed by atoms with Crippen molar-refractivity contribution < 1.29 is 9.90 Å². The molecule has 0 bridgehead atoms. The summed E-state index contributed by atoms with van der Waals surface area (Å²) in [6.45, 7) is 6.68. The lowest BCUT2D eigenvalue weighted by Gasteiger charge is -2.29. The molecule has 1 N–H and O–H groups in total. The number of hydrogen-bond donors (Lipinski definition) is 2. The first-order valence-electron chi connectivity index (χ1n) is 4.14. The Labute approximate surface area is 79.2 Å². The van der Waals surface area contributed by atoms with E-state index in [0.29, 0.717) is 5.75 Å². The van der Waals surface area contributed by atoms with E-state index >= 15 is 0 Å². The van der Waals surface area contributed by atoms with Gasteiger partial charge in [-0.2, -0.15) is 12.6 Å². The molecule has 0 aromatic heterocycles. The molecule has 0 heterocycles. The average molecular weight is 191 g/mol. The molecule has 12 heavy (non-hydrogen) atoms. The van der Waals surface area contributed by atoms with Crippen molar-refractivity contribution >= 4 is 18.6 Å². The van der Waals surface area contributed by atoms with Crippen LogP contribution in [0.3, 0.4) is 0 Å². The van der Waals surface area contributed by atoms with Gasteiger partial charge in [0.15, 0.2) is 0 Å². The number of nitrogens with zero attached hydrogens (tertiary/aromatic N) is 1. The molecule has 0 aliphatic rings. The third-order valence-corrected chi connectivity index (χ3v) is 2.23. The topological polar surface area (TPSA) is 40.5 Å². The SMILES string of the molecule is CCN(C(C)C)C(CS)C(=O)O. The first kappa shape index (κ1) is 11.8. The normalized spacial score (nSPS) is 13.8. The number of carbonyl (C=O) groups is 1.